The van der Waals surface area contributed by atoms with E-state index in [-0.39, 0.29) is 0 Å². The van der Waals surface area contributed by atoms with Crippen molar-refractivity contribution in [2.75, 3.05) is 0 Å². The van der Waals surface area contributed by atoms with Gasteiger partial charge in [0.05, 0.1) is 0 Å². The third-order valence-electron chi connectivity index (χ3n) is 1.51. The molecule has 0 unspecified atom stereocenters. The Kier molecular flexibility index (Phi) is 2.02. The van der Waals surface area contributed by atoms with Gasteiger partial charge < -0.3 is 9.52 Å². The molecule has 4 nitrogen and oxygen atoms in total. The molecule has 0 aliphatic rings. The molecule has 2 aromatic rings. The van der Waals surface area contributed by atoms with E-state index in [1.807, 2.05) is 24.3 Å². The summed E-state index contributed by atoms with van der Waals surface area (Å²) >= 11 is 3.31. The van der Waals surface area contributed by atoms with Crippen LogP contribution in [0, 0.1) is 0 Å². The second-order valence-electron chi connectivity index (χ2n) is 2.40. The van der Waals surface area contributed by atoms with Crippen molar-refractivity contribution in [3.05, 3.63) is 28.7 Å². The smallest absolute Gasteiger partial charge is 0.412 e. The summed E-state index contributed by atoms with van der Waals surface area (Å²) in [6.45, 7) is 0. The third kappa shape index (κ3) is 1.70. The summed E-state index contributed by atoms with van der Waals surface area (Å²) in [7, 11) is 0. The van der Waals surface area contributed by atoms with Gasteiger partial charge in [-0.1, -0.05) is 21.0 Å². The monoisotopic (exact) mass is 240 g/mol. The average Bonchev–Trinajstić information content (AvgIpc) is 2.53. The van der Waals surface area contributed by atoms with Crippen LogP contribution in [0.5, 0.6) is 6.08 Å². The molecule has 5 heteroatoms. The number of halogens is 1. The van der Waals surface area contributed by atoms with Gasteiger partial charge in [0.1, 0.15) is 0 Å². The molecule has 1 heterocycles. The van der Waals surface area contributed by atoms with E-state index in [0.717, 1.165) is 10.0 Å². The molecule has 0 radical (unpaired) electrons. The summed E-state index contributed by atoms with van der Waals surface area (Å²) in [6.07, 6.45) is -0.419. The van der Waals surface area contributed by atoms with Gasteiger partial charge in [-0.3, -0.25) is 0 Å². The molecular formula is C8H5BrN2O2. The molecule has 0 aliphatic heterocycles. The first kappa shape index (κ1) is 8.25. The Morgan fingerprint density at radius 1 is 1.15 bits per heavy atom. The summed E-state index contributed by atoms with van der Waals surface area (Å²) in [4.78, 5) is 0. The SMILES string of the molecule is Oc1nnc(-c2ccc(Br)cc2)o1. The Labute approximate surface area is 82.4 Å². The van der Waals surface area contributed by atoms with Crippen molar-refractivity contribution in [1.82, 2.24) is 10.2 Å². The van der Waals surface area contributed by atoms with Crippen molar-refractivity contribution in [2.24, 2.45) is 0 Å². The highest BCUT2D eigenvalue weighted by Gasteiger charge is 2.05. The zero-order chi connectivity index (χ0) is 9.26. The summed E-state index contributed by atoms with van der Waals surface area (Å²) < 4.78 is 5.80. The maximum atomic E-state index is 8.82. The van der Waals surface area contributed by atoms with Crippen LogP contribution in [0.4, 0.5) is 0 Å². The summed E-state index contributed by atoms with van der Waals surface area (Å²) in [6, 6.07) is 7.35. The van der Waals surface area contributed by atoms with Crippen molar-refractivity contribution in [2.45, 2.75) is 0 Å². The first-order valence-corrected chi connectivity index (χ1v) is 4.33. The highest BCUT2D eigenvalue weighted by molar-refractivity contribution is 9.10. The Bertz CT molecular complexity index is 410. The van der Waals surface area contributed by atoms with Crippen molar-refractivity contribution >= 4 is 15.9 Å². The van der Waals surface area contributed by atoms with Gasteiger partial charge in [-0.25, -0.2) is 0 Å². The Morgan fingerprint density at radius 3 is 2.38 bits per heavy atom. The predicted octanol–water partition coefficient (Wildman–Crippen LogP) is 2.20. The van der Waals surface area contributed by atoms with Crippen LogP contribution in [0.2, 0.25) is 0 Å². The van der Waals surface area contributed by atoms with E-state index in [9.17, 15) is 0 Å². The van der Waals surface area contributed by atoms with Crippen LogP contribution in [0.1, 0.15) is 0 Å². The number of aromatic hydroxyl groups is 1. The van der Waals surface area contributed by atoms with Crippen molar-refractivity contribution in [3.63, 3.8) is 0 Å². The van der Waals surface area contributed by atoms with Gasteiger partial charge in [0.15, 0.2) is 0 Å². The maximum Gasteiger partial charge on any atom is 0.412 e. The van der Waals surface area contributed by atoms with Gasteiger partial charge in [-0.15, -0.1) is 5.10 Å². The van der Waals surface area contributed by atoms with Gasteiger partial charge in [-0.05, 0) is 24.3 Å². The van der Waals surface area contributed by atoms with Crippen molar-refractivity contribution in [3.8, 4) is 17.5 Å². The van der Waals surface area contributed by atoms with Crippen molar-refractivity contribution < 1.29 is 9.52 Å². The first-order chi connectivity index (χ1) is 6.25. The van der Waals surface area contributed by atoms with Crippen LogP contribution < -0.4 is 0 Å². The van der Waals surface area contributed by atoms with Crippen molar-refractivity contribution in [1.29, 1.82) is 0 Å². The van der Waals surface area contributed by atoms with E-state index in [4.69, 9.17) is 9.52 Å². The standard InChI is InChI=1S/C8H5BrN2O2/c9-6-3-1-5(2-4-6)7-10-11-8(12)13-7/h1-4H,(H,11,12). The lowest BCUT2D eigenvalue weighted by atomic mass is 10.2. The Morgan fingerprint density at radius 2 is 1.85 bits per heavy atom. The number of rotatable bonds is 1. The lowest BCUT2D eigenvalue weighted by Gasteiger charge is -1.93. The molecule has 0 bridgehead atoms. The van der Waals surface area contributed by atoms with E-state index in [0.29, 0.717) is 5.89 Å². The molecule has 0 atom stereocenters. The lowest BCUT2D eigenvalue weighted by molar-refractivity contribution is 0.320. The Hall–Kier alpha value is -1.36. The van der Waals surface area contributed by atoms with E-state index in [2.05, 4.69) is 26.1 Å². The predicted molar refractivity (Wildman–Crippen MR) is 49.1 cm³/mol. The number of aromatic nitrogens is 2. The number of hydrogen-bond donors (Lipinski definition) is 1. The summed E-state index contributed by atoms with van der Waals surface area (Å²) in [5, 5.41) is 15.8. The minimum absolute atomic E-state index is 0.310. The van der Waals surface area contributed by atoms with Gasteiger partial charge in [0.2, 0.25) is 0 Å². The highest BCUT2D eigenvalue weighted by Crippen LogP contribution is 2.21. The minimum Gasteiger partial charge on any atom is -0.465 e. The molecule has 0 fully saturated rings. The highest BCUT2D eigenvalue weighted by atomic mass is 79.9. The van der Waals surface area contributed by atoms with Crippen LogP contribution in [0.15, 0.2) is 33.2 Å². The Balaban J connectivity index is 2.41. The second-order valence-corrected chi connectivity index (χ2v) is 3.31. The normalized spacial score (nSPS) is 10.2. The molecule has 0 spiro atoms. The third-order valence-corrected chi connectivity index (χ3v) is 2.03. The van der Waals surface area contributed by atoms with Crippen LogP contribution in [0.25, 0.3) is 11.5 Å². The fraction of sp³-hybridized carbons (Fsp3) is 0. The van der Waals surface area contributed by atoms with E-state index in [1.165, 1.54) is 0 Å². The van der Waals surface area contributed by atoms with E-state index >= 15 is 0 Å². The van der Waals surface area contributed by atoms with Gasteiger partial charge in [0, 0.05) is 10.0 Å². The van der Waals surface area contributed by atoms with Crippen LogP contribution >= 0.6 is 15.9 Å². The molecule has 0 saturated carbocycles. The molecule has 1 aromatic heterocycles. The van der Waals surface area contributed by atoms with Gasteiger partial charge in [0.25, 0.3) is 5.89 Å². The molecule has 2 rings (SSSR count). The van der Waals surface area contributed by atoms with Gasteiger partial charge in [-0.2, -0.15) is 0 Å². The quantitative estimate of drug-likeness (QED) is 0.831. The molecule has 0 amide bonds. The number of nitrogens with zero attached hydrogens (tertiary/aromatic N) is 2. The molecule has 13 heavy (non-hydrogen) atoms. The second kappa shape index (κ2) is 3.18. The molecule has 0 aliphatic carbocycles. The van der Waals surface area contributed by atoms with Crippen LogP contribution in [-0.4, -0.2) is 15.3 Å². The topological polar surface area (TPSA) is 59.2 Å². The zero-order valence-corrected chi connectivity index (χ0v) is 8.02. The molecule has 66 valence electrons. The minimum atomic E-state index is -0.419. The first-order valence-electron chi connectivity index (χ1n) is 3.54. The molecular weight excluding hydrogens is 236 g/mol. The summed E-state index contributed by atoms with van der Waals surface area (Å²) in [5.41, 5.74) is 0.774. The lowest BCUT2D eigenvalue weighted by Crippen LogP contribution is -1.76. The van der Waals surface area contributed by atoms with E-state index < -0.39 is 6.08 Å². The van der Waals surface area contributed by atoms with Crippen LogP contribution in [0.3, 0.4) is 0 Å². The number of hydrogen-bond acceptors (Lipinski definition) is 4. The molecule has 1 aromatic carbocycles. The van der Waals surface area contributed by atoms with Gasteiger partial charge >= 0.3 is 6.08 Å². The zero-order valence-electron chi connectivity index (χ0n) is 6.44. The number of benzene rings is 1. The summed E-state index contributed by atoms with van der Waals surface area (Å²) in [5.74, 6) is 0.310. The average molecular weight is 241 g/mol. The molecule has 1 N–H and O–H groups in total. The maximum absolute atomic E-state index is 8.82. The fourth-order valence-corrected chi connectivity index (χ4v) is 1.19. The largest absolute Gasteiger partial charge is 0.465 e. The van der Waals surface area contributed by atoms with Crippen LogP contribution in [-0.2, 0) is 0 Å². The fourth-order valence-electron chi connectivity index (χ4n) is 0.925. The molecule has 0 saturated heterocycles. The van der Waals surface area contributed by atoms with E-state index in [1.54, 1.807) is 0 Å².